The quantitative estimate of drug-likeness (QED) is 0.908. The molecular formula is C13H12BrNO2S2. The molecule has 1 atom stereocenters. The molecule has 1 aliphatic rings. The van der Waals surface area contributed by atoms with E-state index in [1.807, 2.05) is 16.3 Å². The number of fused-ring (bicyclic) bond motifs is 1. The molecule has 0 amide bonds. The molecule has 1 unspecified atom stereocenters. The highest BCUT2D eigenvalue weighted by Gasteiger charge is 2.33. The van der Waals surface area contributed by atoms with E-state index in [1.54, 1.807) is 22.7 Å². The van der Waals surface area contributed by atoms with Gasteiger partial charge >= 0.3 is 5.97 Å². The number of aliphatic carboxylic acids is 1. The van der Waals surface area contributed by atoms with Crippen molar-refractivity contribution in [3.63, 3.8) is 0 Å². The van der Waals surface area contributed by atoms with Crippen LogP contribution in [0.25, 0.3) is 0 Å². The maximum atomic E-state index is 11.6. The van der Waals surface area contributed by atoms with Crippen LogP contribution in [-0.2, 0) is 17.8 Å². The maximum absolute atomic E-state index is 11.6. The van der Waals surface area contributed by atoms with E-state index in [-0.39, 0.29) is 0 Å². The van der Waals surface area contributed by atoms with E-state index in [1.165, 1.54) is 10.4 Å². The number of hydrogen-bond donors (Lipinski definition) is 1. The molecule has 0 fully saturated rings. The second-order valence-corrected chi connectivity index (χ2v) is 7.81. The van der Waals surface area contributed by atoms with Gasteiger partial charge in [0.15, 0.2) is 0 Å². The minimum absolute atomic E-state index is 0.506. The molecule has 0 aromatic carbocycles. The zero-order valence-corrected chi connectivity index (χ0v) is 13.2. The monoisotopic (exact) mass is 357 g/mol. The average Bonchev–Trinajstić information content (AvgIpc) is 2.97. The Morgan fingerprint density at radius 3 is 3.05 bits per heavy atom. The molecule has 1 aliphatic heterocycles. The topological polar surface area (TPSA) is 40.5 Å². The van der Waals surface area contributed by atoms with Crippen LogP contribution in [0.5, 0.6) is 0 Å². The molecule has 3 heterocycles. The molecule has 6 heteroatoms. The smallest absolute Gasteiger partial charge is 0.325 e. The normalized spacial score (nSPS) is 19.3. The largest absolute Gasteiger partial charge is 0.480 e. The molecule has 2 aromatic rings. The van der Waals surface area contributed by atoms with Gasteiger partial charge in [0.2, 0.25) is 0 Å². The average molecular weight is 358 g/mol. The Bertz CT molecular complexity index is 607. The molecule has 3 rings (SSSR count). The highest BCUT2D eigenvalue weighted by molar-refractivity contribution is 9.11. The van der Waals surface area contributed by atoms with Crippen molar-refractivity contribution in [1.82, 2.24) is 4.90 Å². The lowest BCUT2D eigenvalue weighted by molar-refractivity contribution is -0.144. The van der Waals surface area contributed by atoms with Gasteiger partial charge in [-0.15, -0.1) is 22.7 Å². The summed E-state index contributed by atoms with van der Waals surface area (Å²) in [6, 6.07) is 3.51. The van der Waals surface area contributed by atoms with Crippen LogP contribution >= 0.6 is 38.6 Å². The Balaban J connectivity index is 1.87. The first-order chi connectivity index (χ1) is 9.15. The molecule has 0 spiro atoms. The first-order valence-electron chi connectivity index (χ1n) is 5.91. The fourth-order valence-corrected chi connectivity index (χ4v) is 4.60. The molecule has 19 heavy (non-hydrogen) atoms. The summed E-state index contributed by atoms with van der Waals surface area (Å²) in [5, 5.41) is 13.6. The molecule has 1 N–H and O–H groups in total. The van der Waals surface area contributed by atoms with Crippen LogP contribution in [0.15, 0.2) is 26.7 Å². The summed E-state index contributed by atoms with van der Waals surface area (Å²) in [7, 11) is 0. The summed E-state index contributed by atoms with van der Waals surface area (Å²) in [5.74, 6) is -0.756. The molecule has 0 radical (unpaired) electrons. The highest BCUT2D eigenvalue weighted by Crippen LogP contribution is 2.35. The van der Waals surface area contributed by atoms with Crippen molar-refractivity contribution >= 4 is 44.6 Å². The van der Waals surface area contributed by atoms with Crippen LogP contribution in [0.1, 0.15) is 22.0 Å². The van der Waals surface area contributed by atoms with Crippen LogP contribution in [0.3, 0.4) is 0 Å². The van der Waals surface area contributed by atoms with Gasteiger partial charge in [-0.1, -0.05) is 0 Å². The predicted molar refractivity (Wildman–Crippen MR) is 80.8 cm³/mol. The van der Waals surface area contributed by atoms with Gasteiger partial charge in [-0.3, -0.25) is 9.69 Å². The van der Waals surface area contributed by atoms with Gasteiger partial charge in [0.1, 0.15) is 6.04 Å². The Morgan fingerprint density at radius 1 is 1.53 bits per heavy atom. The summed E-state index contributed by atoms with van der Waals surface area (Å²) >= 11 is 6.74. The number of carboxylic acid groups (broad SMARTS) is 1. The molecular weight excluding hydrogens is 346 g/mol. The lowest BCUT2D eigenvalue weighted by atomic mass is 9.99. The Labute approximate surface area is 127 Å². The molecule has 0 bridgehead atoms. The van der Waals surface area contributed by atoms with Crippen molar-refractivity contribution in [3.8, 4) is 0 Å². The van der Waals surface area contributed by atoms with Gasteiger partial charge in [-0.2, -0.15) is 0 Å². The molecule has 100 valence electrons. The minimum Gasteiger partial charge on any atom is -0.480 e. The number of carboxylic acids is 1. The zero-order chi connectivity index (χ0) is 13.4. The number of rotatable bonds is 3. The van der Waals surface area contributed by atoms with Crippen molar-refractivity contribution in [2.24, 2.45) is 0 Å². The summed E-state index contributed by atoms with van der Waals surface area (Å²) < 4.78 is 1.09. The molecule has 0 aliphatic carbocycles. The van der Waals surface area contributed by atoms with E-state index in [9.17, 15) is 9.90 Å². The Kier molecular flexibility index (Phi) is 3.75. The number of hydrogen-bond acceptors (Lipinski definition) is 4. The van der Waals surface area contributed by atoms with Crippen molar-refractivity contribution in [1.29, 1.82) is 0 Å². The molecule has 3 nitrogen and oxygen atoms in total. The van der Waals surface area contributed by atoms with E-state index >= 15 is 0 Å². The minimum atomic E-state index is -0.756. The number of nitrogens with zero attached hydrogens (tertiary/aromatic N) is 1. The number of carbonyl (C=O) groups is 1. The summed E-state index contributed by atoms with van der Waals surface area (Å²) in [6.45, 7) is 1.49. The highest BCUT2D eigenvalue weighted by atomic mass is 79.9. The van der Waals surface area contributed by atoms with E-state index < -0.39 is 12.0 Å². The second-order valence-electron chi connectivity index (χ2n) is 4.52. The lowest BCUT2D eigenvalue weighted by Crippen LogP contribution is -2.38. The van der Waals surface area contributed by atoms with Crippen LogP contribution in [0.2, 0.25) is 0 Å². The van der Waals surface area contributed by atoms with Crippen molar-refractivity contribution in [2.75, 3.05) is 6.54 Å². The zero-order valence-electron chi connectivity index (χ0n) is 10.0. The molecule has 0 saturated carbocycles. The third kappa shape index (κ3) is 2.63. The van der Waals surface area contributed by atoms with Crippen molar-refractivity contribution < 1.29 is 9.90 Å². The summed E-state index contributed by atoms with van der Waals surface area (Å²) in [6.07, 6.45) is 0.947. The fraction of sp³-hybridized carbons (Fsp3) is 0.308. The first-order valence-corrected chi connectivity index (χ1v) is 8.46. The van der Waals surface area contributed by atoms with Gasteiger partial charge in [0.25, 0.3) is 0 Å². The van der Waals surface area contributed by atoms with Gasteiger partial charge in [-0.05, 0) is 56.4 Å². The van der Waals surface area contributed by atoms with Crippen LogP contribution in [0, 0.1) is 0 Å². The van der Waals surface area contributed by atoms with E-state index in [0.717, 1.165) is 22.3 Å². The fourth-order valence-electron chi connectivity index (χ4n) is 2.49. The van der Waals surface area contributed by atoms with Gasteiger partial charge in [0, 0.05) is 18.0 Å². The molecule has 2 aromatic heterocycles. The predicted octanol–water partition coefficient (Wildman–Crippen LogP) is 3.76. The maximum Gasteiger partial charge on any atom is 0.325 e. The number of halogens is 1. The number of thiophene rings is 2. The third-order valence-electron chi connectivity index (χ3n) is 3.31. The Morgan fingerprint density at radius 2 is 2.37 bits per heavy atom. The van der Waals surface area contributed by atoms with E-state index in [4.69, 9.17) is 0 Å². The molecule has 0 saturated heterocycles. The van der Waals surface area contributed by atoms with Crippen molar-refractivity contribution in [2.45, 2.75) is 19.0 Å². The van der Waals surface area contributed by atoms with Crippen molar-refractivity contribution in [3.05, 3.63) is 42.7 Å². The van der Waals surface area contributed by atoms with Crippen LogP contribution in [0.4, 0.5) is 0 Å². The first kappa shape index (κ1) is 13.3. The van der Waals surface area contributed by atoms with Crippen LogP contribution in [-0.4, -0.2) is 22.5 Å². The third-order valence-corrected chi connectivity index (χ3v) is 5.86. The standard InChI is InChI=1S/C13H12BrNO2S2/c14-11-5-8(7-19-11)6-15-3-1-10-9(2-4-18-10)12(15)13(16)17/h2,4-5,7,12H,1,3,6H2,(H,16,17). The van der Waals surface area contributed by atoms with Gasteiger partial charge < -0.3 is 5.11 Å². The summed E-state index contributed by atoms with van der Waals surface area (Å²) in [4.78, 5) is 14.8. The van der Waals surface area contributed by atoms with E-state index in [0.29, 0.717) is 6.54 Å². The van der Waals surface area contributed by atoms with Gasteiger partial charge in [-0.25, -0.2) is 0 Å². The Hall–Kier alpha value is -0.690. The van der Waals surface area contributed by atoms with E-state index in [2.05, 4.69) is 27.4 Å². The van der Waals surface area contributed by atoms with Crippen LogP contribution < -0.4 is 0 Å². The second kappa shape index (κ2) is 5.36. The lowest BCUT2D eigenvalue weighted by Gasteiger charge is -2.32. The SMILES string of the molecule is O=C(O)C1c2ccsc2CCN1Cc1csc(Br)c1. The summed E-state index contributed by atoms with van der Waals surface area (Å²) in [5.41, 5.74) is 2.14. The van der Waals surface area contributed by atoms with Gasteiger partial charge in [0.05, 0.1) is 3.79 Å².